The molecule has 1 aromatic carbocycles. The maximum absolute atomic E-state index is 12.6. The summed E-state index contributed by atoms with van der Waals surface area (Å²) in [4.78, 5) is 36.4. The van der Waals surface area contributed by atoms with Gasteiger partial charge in [-0.3, -0.25) is 9.59 Å². The van der Waals surface area contributed by atoms with E-state index in [0.717, 1.165) is 0 Å². The van der Waals surface area contributed by atoms with Gasteiger partial charge in [0.15, 0.2) is 12.7 Å². The molecule has 1 fully saturated rings. The minimum absolute atomic E-state index is 0.0186. The van der Waals surface area contributed by atoms with E-state index < -0.39 is 12.1 Å². The van der Waals surface area contributed by atoms with Crippen molar-refractivity contribution in [2.45, 2.75) is 6.10 Å². The zero-order chi connectivity index (χ0) is 16.6. The largest absolute Gasteiger partial charge is 0.482 e. The summed E-state index contributed by atoms with van der Waals surface area (Å²) in [5.41, 5.74) is 0.820. The normalized spacial score (nSPS) is 20.3. The van der Waals surface area contributed by atoms with Crippen molar-refractivity contribution in [3.63, 3.8) is 0 Å². The Balaban J connectivity index is 1.85. The number of hydrogen-bond acceptors (Lipinski definition) is 5. The fourth-order valence-electron chi connectivity index (χ4n) is 2.42. The number of nitrogens with zero attached hydrogens (tertiary/aromatic N) is 1. The van der Waals surface area contributed by atoms with E-state index in [9.17, 15) is 14.4 Å². The Morgan fingerprint density at radius 2 is 2.17 bits per heavy atom. The third-order valence-corrected chi connectivity index (χ3v) is 4.22. The van der Waals surface area contributed by atoms with E-state index in [4.69, 9.17) is 14.6 Å². The predicted octanol–water partition coefficient (Wildman–Crippen LogP) is 0.706. The number of fused-ring (bicyclic) bond motifs is 1. The number of carboxylic acids is 1. The van der Waals surface area contributed by atoms with Crippen LogP contribution in [-0.4, -0.2) is 60.2 Å². The van der Waals surface area contributed by atoms with Crippen LogP contribution < -0.4 is 10.1 Å². The molecule has 2 N–H and O–H groups in total. The number of aliphatic carboxylic acids is 1. The Morgan fingerprint density at radius 3 is 2.91 bits per heavy atom. The van der Waals surface area contributed by atoms with E-state index in [-0.39, 0.29) is 31.6 Å². The van der Waals surface area contributed by atoms with Gasteiger partial charge in [0.25, 0.3) is 11.8 Å². The van der Waals surface area contributed by atoms with Gasteiger partial charge in [-0.05, 0) is 28.1 Å². The number of amides is 2. The summed E-state index contributed by atoms with van der Waals surface area (Å²) in [7, 11) is 0. The maximum Gasteiger partial charge on any atom is 0.334 e. The molecule has 0 aliphatic carbocycles. The van der Waals surface area contributed by atoms with E-state index >= 15 is 0 Å². The van der Waals surface area contributed by atoms with Crippen molar-refractivity contribution in [1.82, 2.24) is 4.90 Å². The van der Waals surface area contributed by atoms with Crippen molar-refractivity contribution in [3.8, 4) is 5.75 Å². The van der Waals surface area contributed by atoms with Crippen molar-refractivity contribution >= 4 is 39.4 Å². The highest BCUT2D eigenvalue weighted by atomic mass is 79.9. The minimum atomic E-state index is -1.10. The lowest BCUT2D eigenvalue weighted by molar-refractivity contribution is -0.154. The van der Waals surface area contributed by atoms with Crippen LogP contribution in [0.2, 0.25) is 0 Å². The number of carboxylic acid groups (broad SMARTS) is 1. The van der Waals surface area contributed by atoms with Crippen LogP contribution in [0.25, 0.3) is 0 Å². The van der Waals surface area contributed by atoms with Crippen molar-refractivity contribution < 1.29 is 29.0 Å². The molecule has 1 saturated heterocycles. The predicted molar refractivity (Wildman–Crippen MR) is 81.5 cm³/mol. The zero-order valence-electron chi connectivity index (χ0n) is 11.9. The Labute approximate surface area is 139 Å². The SMILES string of the molecule is O=C1COc2cc(C(=O)N3CCOC(C(=O)O)C3)c(Br)cc2N1. The second kappa shape index (κ2) is 6.17. The molecular weight excluding hydrogens is 372 g/mol. The highest BCUT2D eigenvalue weighted by Crippen LogP contribution is 2.34. The van der Waals surface area contributed by atoms with Gasteiger partial charge in [-0.15, -0.1) is 0 Å². The third kappa shape index (κ3) is 3.15. The molecule has 0 aromatic heterocycles. The monoisotopic (exact) mass is 384 g/mol. The first-order valence-corrected chi connectivity index (χ1v) is 7.65. The number of rotatable bonds is 2. The number of ether oxygens (including phenoxy) is 2. The number of carbonyl (C=O) groups excluding carboxylic acids is 2. The Morgan fingerprint density at radius 1 is 1.39 bits per heavy atom. The lowest BCUT2D eigenvalue weighted by Crippen LogP contribution is -2.48. The van der Waals surface area contributed by atoms with E-state index in [0.29, 0.717) is 28.0 Å². The van der Waals surface area contributed by atoms with E-state index in [2.05, 4.69) is 21.2 Å². The summed E-state index contributed by atoms with van der Waals surface area (Å²) >= 11 is 3.30. The number of nitrogens with one attached hydrogen (secondary N) is 1. The van der Waals surface area contributed by atoms with Gasteiger partial charge >= 0.3 is 5.97 Å². The molecule has 23 heavy (non-hydrogen) atoms. The molecule has 1 aromatic rings. The Hall–Kier alpha value is -2.13. The summed E-state index contributed by atoms with van der Waals surface area (Å²) < 4.78 is 10.9. The van der Waals surface area contributed by atoms with Gasteiger partial charge in [-0.2, -0.15) is 0 Å². The zero-order valence-corrected chi connectivity index (χ0v) is 13.5. The highest BCUT2D eigenvalue weighted by Gasteiger charge is 2.31. The first kappa shape index (κ1) is 15.8. The summed E-state index contributed by atoms with van der Waals surface area (Å²) in [6.07, 6.45) is -1.03. The van der Waals surface area contributed by atoms with Crippen LogP contribution in [0.15, 0.2) is 16.6 Å². The standard InChI is InChI=1S/C14H13BrN2O6/c15-8-4-9-10(23-6-12(18)16-9)3-7(8)13(19)17-1-2-22-11(5-17)14(20)21/h3-4,11H,1-2,5-6H2,(H,16,18)(H,20,21). The van der Waals surface area contributed by atoms with Crippen molar-refractivity contribution in [2.75, 3.05) is 31.6 Å². The molecule has 3 rings (SSSR count). The lowest BCUT2D eigenvalue weighted by atomic mass is 10.1. The van der Waals surface area contributed by atoms with Crippen molar-refractivity contribution in [2.24, 2.45) is 0 Å². The first-order valence-electron chi connectivity index (χ1n) is 6.85. The maximum atomic E-state index is 12.6. The molecule has 0 bridgehead atoms. The highest BCUT2D eigenvalue weighted by molar-refractivity contribution is 9.10. The second-order valence-electron chi connectivity index (χ2n) is 5.11. The Bertz CT molecular complexity index is 692. The average Bonchev–Trinajstić information content (AvgIpc) is 2.53. The number of benzene rings is 1. The molecule has 2 aliphatic heterocycles. The number of morpholine rings is 1. The fourth-order valence-corrected chi connectivity index (χ4v) is 2.93. The van der Waals surface area contributed by atoms with Gasteiger partial charge in [0.1, 0.15) is 5.75 Å². The Kier molecular flexibility index (Phi) is 4.22. The molecular formula is C14H13BrN2O6. The topological polar surface area (TPSA) is 105 Å². The van der Waals surface area contributed by atoms with Crippen molar-refractivity contribution in [1.29, 1.82) is 0 Å². The molecule has 122 valence electrons. The van der Waals surface area contributed by atoms with Gasteiger partial charge in [0.2, 0.25) is 0 Å². The molecule has 9 heteroatoms. The van der Waals surface area contributed by atoms with Crippen LogP contribution in [0.1, 0.15) is 10.4 Å². The average molecular weight is 385 g/mol. The van der Waals surface area contributed by atoms with Gasteiger partial charge in [0, 0.05) is 11.0 Å². The number of anilines is 1. The quantitative estimate of drug-likeness (QED) is 0.777. The summed E-state index contributed by atoms with van der Waals surface area (Å²) in [5.74, 6) is -1.28. The molecule has 2 heterocycles. The first-order chi connectivity index (χ1) is 11.0. The van der Waals surface area contributed by atoms with Crippen molar-refractivity contribution in [3.05, 3.63) is 22.2 Å². The fraction of sp³-hybridized carbons (Fsp3) is 0.357. The van der Waals surface area contributed by atoms with Crippen LogP contribution in [-0.2, 0) is 14.3 Å². The van der Waals surface area contributed by atoms with Crippen LogP contribution in [0, 0.1) is 0 Å². The van der Waals surface area contributed by atoms with Gasteiger partial charge in [-0.1, -0.05) is 0 Å². The molecule has 0 radical (unpaired) electrons. The third-order valence-electron chi connectivity index (χ3n) is 3.56. The second-order valence-corrected chi connectivity index (χ2v) is 5.97. The summed E-state index contributed by atoms with van der Waals surface area (Å²) in [6, 6.07) is 3.13. The van der Waals surface area contributed by atoms with Crippen LogP contribution in [0.5, 0.6) is 5.75 Å². The van der Waals surface area contributed by atoms with Crippen LogP contribution in [0.4, 0.5) is 5.69 Å². The molecule has 0 spiro atoms. The van der Waals surface area contributed by atoms with Crippen LogP contribution in [0.3, 0.4) is 0 Å². The van der Waals surface area contributed by atoms with E-state index in [1.807, 2.05) is 0 Å². The molecule has 2 aliphatic rings. The number of halogens is 1. The number of carbonyl (C=O) groups is 3. The van der Waals surface area contributed by atoms with Gasteiger partial charge < -0.3 is 24.8 Å². The molecule has 1 unspecified atom stereocenters. The molecule has 0 saturated carbocycles. The van der Waals surface area contributed by atoms with Gasteiger partial charge in [-0.25, -0.2) is 4.79 Å². The lowest BCUT2D eigenvalue weighted by Gasteiger charge is -2.31. The number of hydrogen-bond donors (Lipinski definition) is 2. The smallest absolute Gasteiger partial charge is 0.334 e. The summed E-state index contributed by atoms with van der Waals surface area (Å²) in [6.45, 7) is 0.345. The molecule has 2 amide bonds. The van der Waals surface area contributed by atoms with Crippen LogP contribution >= 0.6 is 15.9 Å². The van der Waals surface area contributed by atoms with E-state index in [1.165, 1.54) is 11.0 Å². The van der Waals surface area contributed by atoms with E-state index in [1.54, 1.807) is 6.07 Å². The van der Waals surface area contributed by atoms with Gasteiger partial charge in [0.05, 0.1) is 24.4 Å². The molecule has 1 atom stereocenters. The molecule has 8 nitrogen and oxygen atoms in total. The summed E-state index contributed by atoms with van der Waals surface area (Å²) in [5, 5.41) is 11.7. The minimum Gasteiger partial charge on any atom is -0.482 e.